The van der Waals surface area contributed by atoms with Gasteiger partial charge in [0.1, 0.15) is 11.6 Å². The van der Waals surface area contributed by atoms with Crippen LogP contribution >= 0.6 is 23.2 Å². The van der Waals surface area contributed by atoms with Gasteiger partial charge < -0.3 is 10.2 Å². The number of hydrogen-bond donors (Lipinski definition) is 1. The van der Waals surface area contributed by atoms with Crippen molar-refractivity contribution in [1.29, 1.82) is 0 Å². The van der Waals surface area contributed by atoms with Gasteiger partial charge in [-0.1, -0.05) is 29.3 Å². The van der Waals surface area contributed by atoms with Gasteiger partial charge in [-0.15, -0.1) is 0 Å². The molecular formula is C22H21Cl2N5O. The first-order valence-corrected chi connectivity index (χ1v) is 10.5. The molecule has 1 N–H and O–H groups in total. The Balaban J connectivity index is 1.52. The number of pyridine rings is 1. The molecule has 0 atom stereocenters. The van der Waals surface area contributed by atoms with Crippen LogP contribution in [0.3, 0.4) is 0 Å². The van der Waals surface area contributed by atoms with Gasteiger partial charge in [0.15, 0.2) is 5.78 Å². The standard InChI is InChI=1S/C22H21Cl2N5O/c1-14-11-20(28-22(26-14)29-9-2-3-10-29)27-19-13-15(7-8-25-19)12-18(30)21-16(23)5-4-6-17(21)24/h4-8,11,13H,2-3,9-10,12H2,1H3,(H,25,26,27,28). The van der Waals surface area contributed by atoms with E-state index < -0.39 is 0 Å². The van der Waals surface area contributed by atoms with Crippen LogP contribution in [0.1, 0.15) is 34.5 Å². The number of benzene rings is 1. The normalized spacial score (nSPS) is 13.5. The van der Waals surface area contributed by atoms with E-state index in [1.165, 1.54) is 0 Å². The lowest BCUT2D eigenvalue weighted by Crippen LogP contribution is -2.21. The summed E-state index contributed by atoms with van der Waals surface area (Å²) in [7, 11) is 0. The summed E-state index contributed by atoms with van der Waals surface area (Å²) in [6.07, 6.45) is 4.15. The molecule has 4 rings (SSSR count). The lowest BCUT2D eigenvalue weighted by Gasteiger charge is -2.17. The number of carbonyl (C=O) groups is 1. The molecule has 0 bridgehead atoms. The maximum Gasteiger partial charge on any atom is 0.227 e. The van der Waals surface area contributed by atoms with Crippen LogP contribution in [0, 0.1) is 6.92 Å². The van der Waals surface area contributed by atoms with Crippen molar-refractivity contribution in [2.24, 2.45) is 0 Å². The van der Waals surface area contributed by atoms with Crippen molar-refractivity contribution < 1.29 is 4.79 Å². The molecule has 1 aromatic carbocycles. The third kappa shape index (κ3) is 4.71. The van der Waals surface area contributed by atoms with Crippen molar-refractivity contribution >= 4 is 46.6 Å². The highest BCUT2D eigenvalue weighted by molar-refractivity contribution is 6.39. The third-order valence-electron chi connectivity index (χ3n) is 4.92. The van der Waals surface area contributed by atoms with Gasteiger partial charge in [-0.3, -0.25) is 4.79 Å². The van der Waals surface area contributed by atoms with Crippen molar-refractivity contribution in [2.45, 2.75) is 26.2 Å². The number of carbonyl (C=O) groups excluding carboxylic acids is 1. The van der Waals surface area contributed by atoms with Gasteiger partial charge in [0.05, 0.1) is 15.6 Å². The monoisotopic (exact) mass is 441 g/mol. The van der Waals surface area contributed by atoms with E-state index in [4.69, 9.17) is 23.2 Å². The van der Waals surface area contributed by atoms with Crippen molar-refractivity contribution in [3.63, 3.8) is 0 Å². The maximum atomic E-state index is 12.7. The second kappa shape index (κ2) is 8.98. The number of halogens is 2. The zero-order chi connectivity index (χ0) is 21.1. The molecular weight excluding hydrogens is 421 g/mol. The topological polar surface area (TPSA) is 71.0 Å². The third-order valence-corrected chi connectivity index (χ3v) is 5.55. The van der Waals surface area contributed by atoms with Crippen LogP contribution in [0.5, 0.6) is 0 Å². The quantitative estimate of drug-likeness (QED) is 0.526. The molecule has 0 saturated carbocycles. The Bertz CT molecular complexity index is 1060. The Morgan fingerprint density at radius 3 is 2.53 bits per heavy atom. The van der Waals surface area contributed by atoms with Gasteiger partial charge in [0.25, 0.3) is 0 Å². The van der Waals surface area contributed by atoms with Gasteiger partial charge in [-0.25, -0.2) is 9.97 Å². The first kappa shape index (κ1) is 20.6. The number of ketones is 1. The summed E-state index contributed by atoms with van der Waals surface area (Å²) in [6.45, 7) is 3.90. The number of aromatic nitrogens is 3. The van der Waals surface area contributed by atoms with Crippen molar-refractivity contribution in [3.8, 4) is 0 Å². The minimum Gasteiger partial charge on any atom is -0.341 e. The molecule has 3 heterocycles. The Hall–Kier alpha value is -2.70. The Morgan fingerprint density at radius 2 is 1.80 bits per heavy atom. The Morgan fingerprint density at radius 1 is 1.07 bits per heavy atom. The van der Waals surface area contributed by atoms with E-state index in [1.807, 2.05) is 19.1 Å². The van der Waals surface area contributed by atoms with Crippen LogP contribution in [0.4, 0.5) is 17.6 Å². The number of nitrogens with zero attached hydrogens (tertiary/aromatic N) is 4. The number of hydrogen-bond acceptors (Lipinski definition) is 6. The van der Waals surface area contributed by atoms with Gasteiger partial charge in [-0.2, -0.15) is 4.98 Å². The molecule has 1 saturated heterocycles. The molecule has 0 radical (unpaired) electrons. The molecule has 1 aliphatic rings. The highest BCUT2D eigenvalue weighted by Crippen LogP contribution is 2.26. The molecule has 1 fully saturated rings. The summed E-state index contributed by atoms with van der Waals surface area (Å²) in [5.74, 6) is 1.87. The number of aryl methyl sites for hydroxylation is 1. The molecule has 0 amide bonds. The van der Waals surface area contributed by atoms with E-state index in [2.05, 4.69) is 25.2 Å². The molecule has 0 spiro atoms. The second-order valence-corrected chi connectivity index (χ2v) is 8.07. The fourth-order valence-corrected chi connectivity index (χ4v) is 4.11. The highest BCUT2D eigenvalue weighted by Gasteiger charge is 2.17. The second-order valence-electron chi connectivity index (χ2n) is 7.26. The van der Waals surface area contributed by atoms with Gasteiger partial charge in [0.2, 0.25) is 5.95 Å². The predicted octanol–water partition coefficient (Wildman–Crippen LogP) is 5.26. The number of rotatable bonds is 6. The molecule has 0 unspecified atom stereocenters. The smallest absolute Gasteiger partial charge is 0.227 e. The summed E-state index contributed by atoms with van der Waals surface area (Å²) in [6, 6.07) is 10.5. The van der Waals surface area contributed by atoms with Crippen molar-refractivity contribution in [1.82, 2.24) is 15.0 Å². The van der Waals surface area contributed by atoms with E-state index in [9.17, 15) is 4.79 Å². The minimum absolute atomic E-state index is 0.142. The van der Waals surface area contributed by atoms with E-state index in [0.29, 0.717) is 27.2 Å². The summed E-state index contributed by atoms with van der Waals surface area (Å²) in [5.41, 5.74) is 2.03. The lowest BCUT2D eigenvalue weighted by molar-refractivity contribution is 0.0993. The molecule has 2 aromatic heterocycles. The predicted molar refractivity (Wildman–Crippen MR) is 120 cm³/mol. The van der Waals surface area contributed by atoms with E-state index in [-0.39, 0.29) is 12.2 Å². The summed E-state index contributed by atoms with van der Waals surface area (Å²) in [4.78, 5) is 28.5. The number of anilines is 3. The molecule has 6 nitrogen and oxygen atoms in total. The Kier molecular flexibility index (Phi) is 6.16. The summed E-state index contributed by atoms with van der Waals surface area (Å²) < 4.78 is 0. The molecule has 3 aromatic rings. The van der Waals surface area contributed by atoms with Crippen molar-refractivity contribution in [2.75, 3.05) is 23.3 Å². The first-order chi connectivity index (χ1) is 14.5. The van der Waals surface area contributed by atoms with Gasteiger partial charge in [-0.05, 0) is 49.6 Å². The van der Waals surface area contributed by atoms with Gasteiger partial charge in [0, 0.05) is 37.5 Å². The van der Waals surface area contributed by atoms with Crippen LogP contribution in [0.25, 0.3) is 0 Å². The van der Waals surface area contributed by atoms with Gasteiger partial charge >= 0.3 is 0 Å². The molecule has 0 aliphatic carbocycles. The van der Waals surface area contributed by atoms with Crippen molar-refractivity contribution in [3.05, 3.63) is 69.5 Å². The highest BCUT2D eigenvalue weighted by atomic mass is 35.5. The zero-order valence-electron chi connectivity index (χ0n) is 16.5. The van der Waals surface area contributed by atoms with E-state index in [1.54, 1.807) is 30.5 Å². The van der Waals surface area contributed by atoms with E-state index in [0.717, 1.165) is 43.1 Å². The average molecular weight is 442 g/mol. The van der Waals surface area contributed by atoms with Crippen LogP contribution in [-0.4, -0.2) is 33.8 Å². The SMILES string of the molecule is Cc1cc(Nc2cc(CC(=O)c3c(Cl)cccc3Cl)ccn2)nc(N2CCCC2)n1. The molecule has 154 valence electrons. The van der Waals surface area contributed by atoms with E-state index >= 15 is 0 Å². The zero-order valence-corrected chi connectivity index (χ0v) is 18.0. The minimum atomic E-state index is -0.142. The molecule has 1 aliphatic heterocycles. The average Bonchev–Trinajstić information content (AvgIpc) is 3.22. The first-order valence-electron chi connectivity index (χ1n) is 9.79. The van der Waals surface area contributed by atoms with Crippen LogP contribution < -0.4 is 10.2 Å². The van der Waals surface area contributed by atoms with Crippen LogP contribution in [0.15, 0.2) is 42.6 Å². The molecule has 30 heavy (non-hydrogen) atoms. The fraction of sp³-hybridized carbons (Fsp3) is 0.273. The fourth-order valence-electron chi connectivity index (χ4n) is 3.50. The maximum absolute atomic E-state index is 12.7. The summed E-state index contributed by atoms with van der Waals surface area (Å²) >= 11 is 12.3. The van der Waals surface area contributed by atoms with Crippen LogP contribution in [-0.2, 0) is 6.42 Å². The Labute approximate surface area is 185 Å². The lowest BCUT2D eigenvalue weighted by atomic mass is 10.0. The van der Waals surface area contributed by atoms with Crippen LogP contribution in [0.2, 0.25) is 10.0 Å². The largest absolute Gasteiger partial charge is 0.341 e. The number of nitrogens with one attached hydrogen (secondary N) is 1. The summed E-state index contributed by atoms with van der Waals surface area (Å²) in [5, 5.41) is 3.94. The number of Topliss-reactive ketones (excluding diaryl/α,β-unsaturated/α-hetero) is 1. The molecule has 8 heteroatoms.